The number of alkyl halides is 7. The predicted molar refractivity (Wildman–Crippen MR) is 149 cm³/mol. The van der Waals surface area contributed by atoms with Gasteiger partial charge in [0.1, 0.15) is 5.82 Å². The SMILES string of the molecule is C[C@@H]1CC(CCc2cc(C(F)(C(F)(F)F)C(F)(F)F)ccc2CS(=O)(=O)c2ccc(F)cc2)N(C(=O)[C@H]2CC[C@H](C(=O)O)CC2)C1. The summed E-state index contributed by atoms with van der Waals surface area (Å²) in [4.78, 5) is 26.0. The number of carbonyl (C=O) groups excluding carboxylic acids is 1. The Morgan fingerprint density at radius 1 is 0.870 bits per heavy atom. The Balaban J connectivity index is 1.65. The molecule has 1 unspecified atom stereocenters. The van der Waals surface area contributed by atoms with Crippen LogP contribution >= 0.6 is 0 Å². The van der Waals surface area contributed by atoms with Crippen LogP contribution in [0, 0.1) is 23.6 Å². The molecule has 0 aromatic heterocycles. The van der Waals surface area contributed by atoms with Crippen LogP contribution in [0.25, 0.3) is 0 Å². The van der Waals surface area contributed by atoms with Crippen molar-refractivity contribution in [1.29, 1.82) is 0 Å². The van der Waals surface area contributed by atoms with Gasteiger partial charge < -0.3 is 10.0 Å². The first-order chi connectivity index (χ1) is 21.2. The van der Waals surface area contributed by atoms with Crippen molar-refractivity contribution >= 4 is 21.7 Å². The average molecular weight is 684 g/mol. The van der Waals surface area contributed by atoms with Gasteiger partial charge in [0, 0.05) is 24.1 Å². The number of rotatable bonds is 9. The standard InChI is InChI=1S/C31H33F8NO5S/c1-18-14-25(40(16-18)27(41)19-2-4-20(5-3-19)28(42)43)11-7-21-15-23(29(33,30(34,35)36)31(37,38)39)8-6-22(21)17-46(44,45)26-12-9-24(32)10-13-26/h6,8-10,12-13,15,18-20,25H,2-5,7,11,14,16-17H2,1H3,(H,42,43)/t18-,19-,20-,25?/m1/s1. The van der Waals surface area contributed by atoms with Crippen LogP contribution in [0.1, 0.15) is 62.1 Å². The fourth-order valence-corrected chi connectivity index (χ4v) is 7.88. The van der Waals surface area contributed by atoms with E-state index in [0.29, 0.717) is 44.7 Å². The van der Waals surface area contributed by atoms with E-state index in [1.807, 2.05) is 6.92 Å². The highest BCUT2D eigenvalue weighted by molar-refractivity contribution is 7.90. The van der Waals surface area contributed by atoms with Crippen molar-refractivity contribution < 1.29 is 58.2 Å². The summed E-state index contributed by atoms with van der Waals surface area (Å²) in [6.07, 6.45) is -11.2. The van der Waals surface area contributed by atoms with Crippen molar-refractivity contribution in [2.75, 3.05) is 6.54 Å². The zero-order chi connectivity index (χ0) is 34.2. The third kappa shape index (κ3) is 7.33. The molecule has 6 nitrogen and oxygen atoms in total. The fraction of sp³-hybridized carbons (Fsp3) is 0.548. The van der Waals surface area contributed by atoms with Crippen molar-refractivity contribution in [2.45, 2.75) is 86.6 Å². The number of aryl methyl sites for hydroxylation is 1. The van der Waals surface area contributed by atoms with Gasteiger partial charge in [-0.2, -0.15) is 26.3 Å². The van der Waals surface area contributed by atoms with Crippen molar-refractivity contribution in [3.63, 3.8) is 0 Å². The Hall–Kier alpha value is -3.23. The number of benzene rings is 2. The molecule has 1 N–H and O–H groups in total. The molecule has 2 atom stereocenters. The summed E-state index contributed by atoms with van der Waals surface area (Å²) in [5.74, 6) is -3.75. The fourth-order valence-electron chi connectivity index (χ4n) is 6.47. The Bertz CT molecular complexity index is 1520. The first kappa shape index (κ1) is 35.6. The zero-order valence-corrected chi connectivity index (χ0v) is 25.5. The molecule has 4 rings (SSSR count). The van der Waals surface area contributed by atoms with Gasteiger partial charge in [0.2, 0.25) is 5.91 Å². The molecule has 2 fully saturated rings. The molecule has 1 saturated heterocycles. The Kier molecular flexibility index (Phi) is 10.2. The number of amides is 1. The summed E-state index contributed by atoms with van der Waals surface area (Å²) in [6.45, 7) is 2.21. The number of aliphatic carboxylic acids is 1. The van der Waals surface area contributed by atoms with E-state index in [1.165, 1.54) is 0 Å². The van der Waals surface area contributed by atoms with E-state index in [4.69, 9.17) is 0 Å². The molecule has 0 radical (unpaired) electrons. The summed E-state index contributed by atoms with van der Waals surface area (Å²) in [6, 6.07) is 4.56. The average Bonchev–Trinajstić information content (AvgIpc) is 3.34. The second-order valence-electron chi connectivity index (χ2n) is 12.3. The maximum Gasteiger partial charge on any atom is 0.435 e. The largest absolute Gasteiger partial charge is 0.481 e. The summed E-state index contributed by atoms with van der Waals surface area (Å²) in [5.41, 5.74) is -7.93. The molecule has 0 bridgehead atoms. The van der Waals surface area contributed by atoms with Crippen molar-refractivity contribution in [2.24, 2.45) is 17.8 Å². The van der Waals surface area contributed by atoms with Crippen LogP contribution in [-0.4, -0.2) is 55.2 Å². The molecule has 15 heteroatoms. The number of carboxylic acids is 1. The number of nitrogens with zero attached hydrogens (tertiary/aromatic N) is 1. The number of halogens is 8. The molecular weight excluding hydrogens is 650 g/mol. The van der Waals surface area contributed by atoms with E-state index in [9.17, 15) is 53.8 Å². The molecular formula is C31H33F8NO5S. The molecule has 1 aliphatic carbocycles. The van der Waals surface area contributed by atoms with E-state index >= 15 is 4.39 Å². The molecule has 254 valence electrons. The van der Waals surface area contributed by atoms with Crippen LogP contribution in [0.4, 0.5) is 35.1 Å². The summed E-state index contributed by atoms with van der Waals surface area (Å²) in [7, 11) is -4.26. The highest BCUT2D eigenvalue weighted by atomic mass is 32.2. The quantitative estimate of drug-likeness (QED) is 0.224. The number of carboxylic acid groups (broad SMARTS) is 1. The lowest BCUT2D eigenvalue weighted by Gasteiger charge is -2.32. The number of carbonyl (C=O) groups is 2. The minimum Gasteiger partial charge on any atom is -0.481 e. The third-order valence-corrected chi connectivity index (χ3v) is 10.7. The van der Waals surface area contributed by atoms with Gasteiger partial charge in [-0.1, -0.05) is 25.1 Å². The van der Waals surface area contributed by atoms with Gasteiger partial charge >= 0.3 is 24.0 Å². The van der Waals surface area contributed by atoms with Gasteiger partial charge in [-0.3, -0.25) is 9.59 Å². The molecule has 1 saturated carbocycles. The highest BCUT2D eigenvalue weighted by Crippen LogP contribution is 2.53. The Morgan fingerprint density at radius 3 is 1.98 bits per heavy atom. The Morgan fingerprint density at radius 2 is 1.43 bits per heavy atom. The number of hydrogen-bond donors (Lipinski definition) is 1. The molecule has 2 aliphatic rings. The topological polar surface area (TPSA) is 91.8 Å². The van der Waals surface area contributed by atoms with Crippen LogP contribution in [0.3, 0.4) is 0 Å². The maximum atomic E-state index is 15.0. The summed E-state index contributed by atoms with van der Waals surface area (Å²) >= 11 is 0. The molecule has 2 aromatic carbocycles. The van der Waals surface area contributed by atoms with Crippen LogP contribution in [0.5, 0.6) is 0 Å². The first-order valence-corrected chi connectivity index (χ1v) is 16.4. The number of sulfone groups is 1. The molecule has 1 aliphatic heterocycles. The maximum absolute atomic E-state index is 15.0. The molecule has 1 amide bonds. The molecule has 2 aromatic rings. The van der Waals surface area contributed by atoms with E-state index in [0.717, 1.165) is 30.3 Å². The van der Waals surface area contributed by atoms with Gasteiger partial charge in [0.05, 0.1) is 16.6 Å². The normalized spacial score (nSPS) is 23.0. The van der Waals surface area contributed by atoms with Crippen molar-refractivity contribution in [3.05, 3.63) is 65.0 Å². The van der Waals surface area contributed by atoms with Crippen LogP contribution in [-0.2, 0) is 37.3 Å². The summed E-state index contributed by atoms with van der Waals surface area (Å²) < 4.78 is 136. The van der Waals surface area contributed by atoms with Crippen LogP contribution in [0.15, 0.2) is 47.4 Å². The molecule has 1 heterocycles. The van der Waals surface area contributed by atoms with Crippen molar-refractivity contribution in [3.8, 4) is 0 Å². The van der Waals surface area contributed by atoms with E-state index in [-0.39, 0.29) is 46.8 Å². The summed E-state index contributed by atoms with van der Waals surface area (Å²) in [5, 5.41) is 9.26. The zero-order valence-electron chi connectivity index (χ0n) is 24.7. The lowest BCUT2D eigenvalue weighted by atomic mass is 9.81. The van der Waals surface area contributed by atoms with Gasteiger partial charge in [-0.05, 0) is 86.3 Å². The smallest absolute Gasteiger partial charge is 0.435 e. The lowest BCUT2D eigenvalue weighted by Crippen LogP contribution is -2.50. The number of likely N-dealkylation sites (tertiary alicyclic amines) is 1. The highest BCUT2D eigenvalue weighted by Gasteiger charge is 2.73. The molecule has 0 spiro atoms. The van der Waals surface area contributed by atoms with E-state index in [2.05, 4.69) is 0 Å². The van der Waals surface area contributed by atoms with Gasteiger partial charge in [-0.25, -0.2) is 17.2 Å². The minimum atomic E-state index is -6.38. The van der Waals surface area contributed by atoms with Crippen LogP contribution in [0.2, 0.25) is 0 Å². The third-order valence-electron chi connectivity index (χ3n) is 8.98. The molecule has 46 heavy (non-hydrogen) atoms. The van der Waals surface area contributed by atoms with Crippen molar-refractivity contribution in [1.82, 2.24) is 4.90 Å². The second-order valence-corrected chi connectivity index (χ2v) is 14.3. The van der Waals surface area contributed by atoms with E-state index in [1.54, 1.807) is 4.90 Å². The van der Waals surface area contributed by atoms with Gasteiger partial charge in [0.25, 0.3) is 0 Å². The van der Waals surface area contributed by atoms with Gasteiger partial charge in [0.15, 0.2) is 9.84 Å². The van der Waals surface area contributed by atoms with E-state index < -0.39 is 68.8 Å². The van der Waals surface area contributed by atoms with Crippen LogP contribution < -0.4 is 0 Å². The minimum absolute atomic E-state index is 0.00270. The Labute approximate surface area is 260 Å². The lowest BCUT2D eigenvalue weighted by molar-refractivity contribution is -0.348. The monoisotopic (exact) mass is 683 g/mol. The van der Waals surface area contributed by atoms with Gasteiger partial charge in [-0.15, -0.1) is 0 Å². The second kappa shape index (κ2) is 13.1. The number of hydrogen-bond acceptors (Lipinski definition) is 4. The predicted octanol–water partition coefficient (Wildman–Crippen LogP) is 7.15. The first-order valence-electron chi connectivity index (χ1n) is 14.7.